The molecule has 15 heteroatoms. The zero-order chi connectivity index (χ0) is 43.6. The van der Waals surface area contributed by atoms with Crippen LogP contribution < -0.4 is 0 Å². The number of cyclic esters (lactones) is 1. The van der Waals surface area contributed by atoms with Gasteiger partial charge in [-0.2, -0.15) is 0 Å². The Bertz CT molecular complexity index is 1780. The van der Waals surface area contributed by atoms with Crippen LogP contribution in [0.25, 0.3) is 11.3 Å². The summed E-state index contributed by atoms with van der Waals surface area (Å²) in [5, 5.41) is 11.5. The van der Waals surface area contributed by atoms with E-state index in [1.807, 2.05) is 65.9 Å². The standard InChI is InChI=1S/C45H68N5O9.Y/c1-14-36-45(10)39(50(43(54)59-45)20-16-17-27(3)49-24-34(47-25-49)33-18-15-19-46-23-33)30(6)29(5)26(2)22-44(9,55-13)40(31(7)37(51)32(8)41(53)57-36)58-42-38(52)35(48(11)12)21-28(4)56-42;/h18-19,23-28,30-32,35-36,38-40,42,52H,5,14,16-17,20-22H2,1-4,6-13H3;/q-1;/t26-,27+,28-,30+,31+,32-,35+,36-,38-,39+,40-,42+,44-,45-;/m1./s1. The largest absolute Gasteiger partial charge is 0.458 e. The van der Waals surface area contributed by atoms with Crippen LogP contribution in [-0.4, -0.2) is 129 Å². The Labute approximate surface area is 382 Å². The van der Waals surface area contributed by atoms with Gasteiger partial charge in [0.05, 0.1) is 30.2 Å². The van der Waals surface area contributed by atoms with E-state index >= 15 is 0 Å². The second-order valence-corrected chi connectivity index (χ2v) is 17.9. The molecule has 1 amide bonds. The molecule has 3 aliphatic rings. The number of pyridine rings is 1. The van der Waals surface area contributed by atoms with Crippen LogP contribution in [0.4, 0.5) is 4.79 Å². The summed E-state index contributed by atoms with van der Waals surface area (Å²) in [5.41, 5.74) is 0.171. The molecule has 14 nitrogen and oxygen atoms in total. The number of amides is 1. The minimum atomic E-state index is -1.25. The van der Waals surface area contributed by atoms with E-state index in [0.29, 0.717) is 32.2 Å². The molecule has 3 saturated heterocycles. The van der Waals surface area contributed by atoms with E-state index in [1.54, 1.807) is 37.7 Å². The van der Waals surface area contributed by atoms with Gasteiger partial charge in [-0.15, -0.1) is 5.56 Å². The first kappa shape index (κ1) is 50.1. The molecule has 0 aliphatic carbocycles. The molecule has 331 valence electrons. The van der Waals surface area contributed by atoms with Gasteiger partial charge in [0.1, 0.15) is 18.1 Å². The molecule has 1 N–H and O–H groups in total. The van der Waals surface area contributed by atoms with Crippen molar-refractivity contribution in [2.24, 2.45) is 23.7 Å². The maximum absolute atomic E-state index is 14.4. The monoisotopic (exact) mass is 911 g/mol. The summed E-state index contributed by atoms with van der Waals surface area (Å²) in [7, 11) is 5.38. The van der Waals surface area contributed by atoms with E-state index in [1.165, 1.54) is 6.92 Å². The first-order valence-electron chi connectivity index (χ1n) is 21.3. The van der Waals surface area contributed by atoms with Crippen molar-refractivity contribution in [1.29, 1.82) is 0 Å². The average Bonchev–Trinajstić information content (AvgIpc) is 3.81. The molecular weight excluding hydrogens is 843 g/mol. The number of nitrogens with zero attached hydrogens (tertiary/aromatic N) is 5. The van der Waals surface area contributed by atoms with Crippen LogP contribution in [0.2, 0.25) is 0 Å². The summed E-state index contributed by atoms with van der Waals surface area (Å²) in [6.45, 7) is 22.0. The first-order chi connectivity index (χ1) is 27.8. The van der Waals surface area contributed by atoms with Gasteiger partial charge in [-0.25, -0.2) is 16.9 Å². The number of likely N-dealkylation sites (N-methyl/N-ethyl adjacent to an activating group) is 1. The number of carbonyl (C=O) groups excluding carboxylic acids is 3. The Kier molecular flexibility index (Phi) is 17.3. The number of imidazole rings is 1. The summed E-state index contributed by atoms with van der Waals surface area (Å²) in [5.74, 6) is -3.69. The van der Waals surface area contributed by atoms with Gasteiger partial charge in [0, 0.05) is 82.2 Å². The Morgan fingerprint density at radius 2 is 1.83 bits per heavy atom. The predicted molar refractivity (Wildman–Crippen MR) is 222 cm³/mol. The van der Waals surface area contributed by atoms with E-state index in [2.05, 4.69) is 41.0 Å². The van der Waals surface area contributed by atoms with Crippen LogP contribution in [0.15, 0.2) is 43.1 Å². The quantitative estimate of drug-likeness (QED) is 0.117. The van der Waals surface area contributed by atoms with Crippen LogP contribution in [0.5, 0.6) is 0 Å². The van der Waals surface area contributed by atoms with Gasteiger partial charge < -0.3 is 48.1 Å². The summed E-state index contributed by atoms with van der Waals surface area (Å²) < 4.78 is 33.8. The Morgan fingerprint density at radius 3 is 2.45 bits per heavy atom. The molecule has 14 atom stereocenters. The van der Waals surface area contributed by atoms with Crippen molar-refractivity contribution in [2.75, 3.05) is 27.7 Å². The van der Waals surface area contributed by atoms with E-state index < -0.39 is 71.5 Å². The van der Waals surface area contributed by atoms with E-state index in [-0.39, 0.29) is 62.7 Å². The number of methoxy groups -OCH3 is 1. The molecule has 0 aromatic carbocycles. The number of rotatable bonds is 11. The van der Waals surface area contributed by atoms with Crippen molar-refractivity contribution in [3.63, 3.8) is 0 Å². The Morgan fingerprint density at radius 1 is 1.13 bits per heavy atom. The fourth-order valence-electron chi connectivity index (χ4n) is 9.68. The van der Waals surface area contributed by atoms with Crippen molar-refractivity contribution in [2.45, 2.75) is 154 Å². The summed E-state index contributed by atoms with van der Waals surface area (Å²) >= 11 is 0. The number of esters is 1. The van der Waals surface area contributed by atoms with E-state index in [9.17, 15) is 19.5 Å². The molecule has 60 heavy (non-hydrogen) atoms. The number of ketones is 1. The van der Waals surface area contributed by atoms with Crippen molar-refractivity contribution in [3.05, 3.63) is 49.2 Å². The van der Waals surface area contributed by atoms with Gasteiger partial charge in [-0.3, -0.25) is 14.6 Å². The molecule has 0 spiro atoms. The average molecular weight is 912 g/mol. The molecule has 0 bridgehead atoms. The first-order valence-corrected chi connectivity index (χ1v) is 21.3. The normalized spacial score (nSPS) is 36.2. The molecule has 2 aromatic rings. The van der Waals surface area contributed by atoms with Gasteiger partial charge in [-0.1, -0.05) is 46.0 Å². The minimum absolute atomic E-state index is 0. The summed E-state index contributed by atoms with van der Waals surface area (Å²) in [6, 6.07) is 4.13. The maximum Gasteiger partial charge on any atom is 0.410 e. The Balaban J connectivity index is 0.00000794. The zero-order valence-corrected chi connectivity index (χ0v) is 40.6. The number of hydrogen-bond acceptors (Lipinski definition) is 12. The zero-order valence-electron chi connectivity index (χ0n) is 37.8. The second kappa shape index (κ2) is 20.7. The molecule has 5 heterocycles. The molecule has 2 aromatic heterocycles. The van der Waals surface area contributed by atoms with Crippen LogP contribution in [0.3, 0.4) is 0 Å². The van der Waals surface area contributed by atoms with Gasteiger partial charge in [0.15, 0.2) is 17.7 Å². The molecular formula is C45H68N5O9Y-. The third-order valence-corrected chi connectivity index (χ3v) is 13.5. The SMILES string of the molecule is C=C1[C@H](C)C[C@@](C)(OC)[C@H](O[C@@H]2O[C@H](C)C[C@H](N(C)C)[C@H]2O)[C@@H](C)C(=O)[C@@H](C)C(=O)O[C@H](CC)[C@@]2(C)OC(=O)N(CCC[C@H](C)n3cnc(-c4c[c-]cnc4)c3)[C@H]2[C@H]1C.[Y]. The van der Waals surface area contributed by atoms with Gasteiger partial charge >= 0.3 is 12.1 Å². The van der Waals surface area contributed by atoms with Gasteiger partial charge in [-0.05, 0) is 92.9 Å². The van der Waals surface area contributed by atoms with E-state index in [0.717, 1.165) is 23.3 Å². The predicted octanol–water partition coefficient (Wildman–Crippen LogP) is 6.27. The topological polar surface area (TPSA) is 155 Å². The van der Waals surface area contributed by atoms with Crippen LogP contribution in [-0.2, 0) is 66.0 Å². The van der Waals surface area contributed by atoms with Crippen LogP contribution >= 0.6 is 0 Å². The van der Waals surface area contributed by atoms with E-state index in [4.69, 9.17) is 23.7 Å². The number of fused-ring (bicyclic) bond motifs is 1. The van der Waals surface area contributed by atoms with Crippen molar-refractivity contribution < 1.29 is 75.9 Å². The third kappa shape index (κ3) is 10.4. The summed E-state index contributed by atoms with van der Waals surface area (Å²) in [4.78, 5) is 54.9. The smallest absolute Gasteiger partial charge is 0.410 e. The number of carbonyl (C=O) groups is 3. The number of aliphatic hydroxyl groups excluding tert-OH is 1. The molecule has 0 unspecified atom stereocenters. The second-order valence-electron chi connectivity index (χ2n) is 17.9. The third-order valence-electron chi connectivity index (χ3n) is 13.5. The van der Waals surface area contributed by atoms with Gasteiger partial charge in [0.25, 0.3) is 0 Å². The molecule has 3 aliphatic heterocycles. The molecule has 0 saturated carbocycles. The molecule has 3 fully saturated rings. The van der Waals surface area contributed by atoms with Gasteiger partial charge in [0.2, 0.25) is 0 Å². The number of ether oxygens (including phenoxy) is 5. The fourth-order valence-corrected chi connectivity index (χ4v) is 9.68. The number of Topliss-reactive ketones (excluding diaryl/α,β-unsaturated/α-hetero) is 1. The number of aliphatic hydroxyl groups is 1. The van der Waals surface area contributed by atoms with Crippen LogP contribution in [0, 0.1) is 29.7 Å². The number of aromatic nitrogens is 3. The van der Waals surface area contributed by atoms with Crippen molar-refractivity contribution >= 4 is 17.8 Å². The van der Waals surface area contributed by atoms with Crippen LogP contribution in [0.1, 0.15) is 100 Å². The number of hydrogen-bond donors (Lipinski definition) is 1. The molecule has 1 radical (unpaired) electrons. The Hall–Kier alpha value is -2.59. The summed E-state index contributed by atoms with van der Waals surface area (Å²) in [6.07, 6.45) is 5.32. The van der Waals surface area contributed by atoms with Crippen molar-refractivity contribution in [1.82, 2.24) is 24.3 Å². The fraction of sp³-hybridized carbons (Fsp3) is 0.711. The minimum Gasteiger partial charge on any atom is -0.458 e. The maximum atomic E-state index is 14.4. The molecule has 5 rings (SSSR count). The van der Waals surface area contributed by atoms with Crippen molar-refractivity contribution in [3.8, 4) is 11.3 Å².